The van der Waals surface area contributed by atoms with Crippen molar-refractivity contribution in [3.8, 4) is 0 Å². The summed E-state index contributed by atoms with van der Waals surface area (Å²) >= 11 is 5.18. The molecular formula is C22H20N4O4S. The van der Waals surface area contributed by atoms with Crippen molar-refractivity contribution in [2.45, 2.75) is 26.4 Å². The van der Waals surface area contributed by atoms with Crippen molar-refractivity contribution in [1.29, 1.82) is 0 Å². The van der Waals surface area contributed by atoms with Gasteiger partial charge in [0.15, 0.2) is 5.11 Å². The summed E-state index contributed by atoms with van der Waals surface area (Å²) in [7, 11) is 0. The van der Waals surface area contributed by atoms with Crippen LogP contribution in [0.4, 0.5) is 0 Å². The summed E-state index contributed by atoms with van der Waals surface area (Å²) in [5, 5.41) is 3.40. The van der Waals surface area contributed by atoms with E-state index in [-0.39, 0.29) is 23.8 Å². The van der Waals surface area contributed by atoms with Crippen LogP contribution in [0, 0.1) is 0 Å². The van der Waals surface area contributed by atoms with Gasteiger partial charge in [-0.3, -0.25) is 24.6 Å². The van der Waals surface area contributed by atoms with E-state index in [2.05, 4.69) is 5.32 Å². The Kier molecular flexibility index (Phi) is 5.43. The van der Waals surface area contributed by atoms with Crippen LogP contribution in [0.15, 0.2) is 52.8 Å². The molecule has 3 N–H and O–H groups in total. The average Bonchev–Trinajstić information content (AvgIpc) is 3.36. The van der Waals surface area contributed by atoms with Gasteiger partial charge in [0.2, 0.25) is 5.91 Å². The van der Waals surface area contributed by atoms with Crippen LogP contribution in [0.25, 0.3) is 17.0 Å². The number of aryl methyl sites for hydroxylation is 1. The highest BCUT2D eigenvalue weighted by Crippen LogP contribution is 2.28. The van der Waals surface area contributed by atoms with E-state index in [1.54, 1.807) is 22.9 Å². The monoisotopic (exact) mass is 436 g/mol. The maximum Gasteiger partial charge on any atom is 0.266 e. The zero-order valence-corrected chi connectivity index (χ0v) is 17.6. The molecule has 0 unspecified atom stereocenters. The molecule has 2 aromatic heterocycles. The standard InChI is InChI=1S/C22H20N4O4S/c1-2-13-5-3-7-16-14(10-25(19(13)16)12-18(23)27)9-17-20(28)24-22(31)26(21(17)29)11-15-6-4-8-30-15/h3-10H,2,11-12H2,1H3,(H2,23,27)(H,24,28,31)/b17-9-. The molecule has 0 aliphatic carbocycles. The van der Waals surface area contributed by atoms with E-state index < -0.39 is 17.7 Å². The van der Waals surface area contributed by atoms with Crippen molar-refractivity contribution in [2.75, 3.05) is 0 Å². The molecule has 3 aromatic rings. The quantitative estimate of drug-likeness (QED) is 0.349. The van der Waals surface area contributed by atoms with Gasteiger partial charge in [-0.05, 0) is 42.4 Å². The lowest BCUT2D eigenvalue weighted by Gasteiger charge is -2.28. The number of para-hydroxylation sites is 1. The number of nitrogens with two attached hydrogens (primary N) is 1. The lowest BCUT2D eigenvalue weighted by molar-refractivity contribution is -0.129. The van der Waals surface area contributed by atoms with Crippen LogP contribution in [0.3, 0.4) is 0 Å². The Morgan fingerprint density at radius 2 is 2.06 bits per heavy atom. The van der Waals surface area contributed by atoms with Gasteiger partial charge in [0.05, 0.1) is 18.3 Å². The first-order valence-electron chi connectivity index (χ1n) is 9.69. The molecule has 3 amide bonds. The van der Waals surface area contributed by atoms with E-state index in [1.807, 2.05) is 25.1 Å². The van der Waals surface area contributed by atoms with E-state index in [4.69, 9.17) is 22.4 Å². The van der Waals surface area contributed by atoms with Gasteiger partial charge in [0.25, 0.3) is 11.8 Å². The van der Waals surface area contributed by atoms with E-state index in [1.165, 1.54) is 17.2 Å². The van der Waals surface area contributed by atoms with E-state index >= 15 is 0 Å². The highest BCUT2D eigenvalue weighted by molar-refractivity contribution is 7.80. The van der Waals surface area contributed by atoms with Crippen molar-refractivity contribution in [1.82, 2.24) is 14.8 Å². The molecule has 0 spiro atoms. The summed E-state index contributed by atoms with van der Waals surface area (Å²) in [6.45, 7) is 2.11. The number of nitrogens with one attached hydrogen (secondary N) is 1. The fourth-order valence-electron chi connectivity index (χ4n) is 3.71. The van der Waals surface area contributed by atoms with Crippen LogP contribution in [-0.2, 0) is 33.9 Å². The van der Waals surface area contributed by atoms with E-state index in [0.29, 0.717) is 11.3 Å². The Balaban J connectivity index is 1.79. The molecular weight excluding hydrogens is 416 g/mol. The minimum Gasteiger partial charge on any atom is -0.467 e. The first-order chi connectivity index (χ1) is 14.9. The maximum atomic E-state index is 13.1. The minimum atomic E-state index is -0.576. The Labute approximate surface area is 183 Å². The van der Waals surface area contributed by atoms with Crippen molar-refractivity contribution < 1.29 is 18.8 Å². The number of primary amides is 1. The first kappa shape index (κ1) is 20.5. The molecule has 8 nitrogen and oxygen atoms in total. The number of nitrogens with zero attached hydrogens (tertiary/aromatic N) is 2. The van der Waals surface area contributed by atoms with Gasteiger partial charge in [-0.1, -0.05) is 25.1 Å². The first-order valence-corrected chi connectivity index (χ1v) is 10.1. The highest BCUT2D eigenvalue weighted by Gasteiger charge is 2.34. The Morgan fingerprint density at radius 1 is 1.26 bits per heavy atom. The van der Waals surface area contributed by atoms with Gasteiger partial charge in [-0.25, -0.2) is 0 Å². The van der Waals surface area contributed by atoms with Crippen molar-refractivity contribution in [3.63, 3.8) is 0 Å². The van der Waals surface area contributed by atoms with Crippen LogP contribution in [0.1, 0.15) is 23.8 Å². The molecule has 9 heteroatoms. The predicted octanol–water partition coefficient (Wildman–Crippen LogP) is 2.11. The molecule has 0 saturated carbocycles. The minimum absolute atomic E-state index is 0.00840. The highest BCUT2D eigenvalue weighted by atomic mass is 32.1. The number of fused-ring (bicyclic) bond motifs is 1. The number of benzene rings is 1. The van der Waals surface area contributed by atoms with Gasteiger partial charge in [-0.2, -0.15) is 0 Å². The van der Waals surface area contributed by atoms with Crippen LogP contribution in [0.2, 0.25) is 0 Å². The summed E-state index contributed by atoms with van der Waals surface area (Å²) in [6, 6.07) is 9.19. The number of furan rings is 1. The second-order valence-electron chi connectivity index (χ2n) is 7.13. The van der Waals surface area contributed by atoms with Gasteiger partial charge >= 0.3 is 0 Å². The molecule has 1 aromatic carbocycles. The van der Waals surface area contributed by atoms with Crippen molar-refractivity contribution in [2.24, 2.45) is 5.73 Å². The molecule has 158 valence electrons. The number of aromatic nitrogens is 1. The second kappa shape index (κ2) is 8.19. The molecule has 0 radical (unpaired) electrons. The Morgan fingerprint density at radius 3 is 2.74 bits per heavy atom. The average molecular weight is 436 g/mol. The van der Waals surface area contributed by atoms with E-state index in [9.17, 15) is 14.4 Å². The predicted molar refractivity (Wildman–Crippen MR) is 118 cm³/mol. The smallest absolute Gasteiger partial charge is 0.266 e. The van der Waals surface area contributed by atoms with Crippen LogP contribution >= 0.6 is 12.2 Å². The zero-order valence-electron chi connectivity index (χ0n) is 16.8. The summed E-state index contributed by atoms with van der Waals surface area (Å²) in [5.74, 6) is -1.04. The fraction of sp³-hybridized carbons (Fsp3) is 0.182. The van der Waals surface area contributed by atoms with Crippen LogP contribution in [0.5, 0.6) is 0 Å². The molecule has 1 saturated heterocycles. The molecule has 0 atom stereocenters. The number of carbonyl (C=O) groups is 3. The third-order valence-corrected chi connectivity index (χ3v) is 5.42. The molecule has 1 aliphatic rings. The molecule has 4 rings (SSSR count). The maximum absolute atomic E-state index is 13.1. The van der Waals surface area contributed by atoms with Gasteiger partial charge in [-0.15, -0.1) is 0 Å². The number of hydrogen-bond donors (Lipinski definition) is 2. The topological polar surface area (TPSA) is 111 Å². The third-order valence-electron chi connectivity index (χ3n) is 5.10. The van der Waals surface area contributed by atoms with Crippen LogP contribution in [-0.4, -0.2) is 32.3 Å². The molecule has 0 bridgehead atoms. The number of rotatable bonds is 6. The number of thiocarbonyl (C=S) groups is 1. The Bertz CT molecular complexity index is 1240. The molecule has 31 heavy (non-hydrogen) atoms. The summed E-state index contributed by atoms with van der Waals surface area (Å²) < 4.78 is 7.05. The Hall–Kier alpha value is -3.72. The summed E-state index contributed by atoms with van der Waals surface area (Å²) in [6.07, 6.45) is 5.50. The molecule has 1 aliphatic heterocycles. The second-order valence-corrected chi connectivity index (χ2v) is 7.52. The molecule has 3 heterocycles. The largest absolute Gasteiger partial charge is 0.467 e. The number of amides is 3. The van der Waals surface area contributed by atoms with Gasteiger partial charge in [0.1, 0.15) is 17.9 Å². The third kappa shape index (κ3) is 3.87. The van der Waals surface area contributed by atoms with Crippen molar-refractivity contribution in [3.05, 3.63) is 65.3 Å². The lowest BCUT2D eigenvalue weighted by Crippen LogP contribution is -2.53. The van der Waals surface area contributed by atoms with Crippen molar-refractivity contribution >= 4 is 52.0 Å². The zero-order chi connectivity index (χ0) is 22.1. The SMILES string of the molecule is CCc1cccc2c(/C=C3/C(=O)NC(=S)N(Cc4ccco4)C3=O)cn(CC(N)=O)c12. The van der Waals surface area contributed by atoms with Gasteiger partial charge in [0, 0.05) is 17.1 Å². The number of carbonyl (C=O) groups excluding carboxylic acids is 3. The summed E-state index contributed by atoms with van der Waals surface area (Å²) in [5.41, 5.74) is 7.88. The van der Waals surface area contributed by atoms with E-state index in [0.717, 1.165) is 22.9 Å². The fourth-order valence-corrected chi connectivity index (χ4v) is 3.95. The molecule has 1 fully saturated rings. The number of hydrogen-bond acceptors (Lipinski definition) is 5. The lowest BCUT2D eigenvalue weighted by atomic mass is 10.0. The summed E-state index contributed by atoms with van der Waals surface area (Å²) in [4.78, 5) is 38.6. The van der Waals surface area contributed by atoms with Gasteiger partial charge < -0.3 is 14.7 Å². The normalized spacial score (nSPS) is 15.7. The van der Waals surface area contributed by atoms with Crippen LogP contribution < -0.4 is 11.1 Å².